The summed E-state index contributed by atoms with van der Waals surface area (Å²) >= 11 is 0. The van der Waals surface area contributed by atoms with Crippen LogP contribution in [0, 0.1) is 207 Å². The highest BCUT2D eigenvalue weighted by molar-refractivity contribution is 5.35. The van der Waals surface area contributed by atoms with Crippen molar-refractivity contribution in [2.24, 2.45) is 207 Å². The lowest BCUT2D eigenvalue weighted by molar-refractivity contribution is -0.306. The molecule has 0 aromatic heterocycles. The van der Waals surface area contributed by atoms with Crippen molar-refractivity contribution in [2.45, 2.75) is 527 Å². The highest BCUT2D eigenvalue weighted by atomic mass is 16.7. The lowest BCUT2D eigenvalue weighted by Gasteiger charge is -2.71. The fourth-order valence-electron chi connectivity index (χ4n) is 45.8. The maximum atomic E-state index is 12.6. The SMILES string of the molecule is CC(C)=CC1CC(C)(O)C2C3CCC4C5(C)CCC(C)C(C)(C)C5CCC4(C)C34CCC2(C4)O1.CC(C)=CCC1OC2(O)C(C3CCC4C5(C)CCC(C)C(C)(C)C5CCC4(C)C3(O)C2O)C1(C)O.CC(C)=CCC1OC23CCC4(C2)C(CCC2C5(C)CCC(C)C(C)(C)C5CCC24C)C3C1(C)O.CCC(C)CCC1(O)OC2CC3C4CCC5CC(C)CCC5(C)C4CCC3(C)C2C1C. The van der Waals surface area contributed by atoms with Gasteiger partial charge in [-0.15, -0.1) is 0 Å². The van der Waals surface area contributed by atoms with Crippen LogP contribution in [0.3, 0.4) is 0 Å². The van der Waals surface area contributed by atoms with Crippen molar-refractivity contribution >= 4 is 0 Å². The summed E-state index contributed by atoms with van der Waals surface area (Å²) in [5.41, 5.74) is 3.58. The minimum absolute atomic E-state index is 0.0390. The van der Waals surface area contributed by atoms with Crippen LogP contribution in [0.4, 0.5) is 0 Å². The zero-order chi connectivity index (χ0) is 97.2. The molecule has 0 amide bonds. The summed E-state index contributed by atoms with van der Waals surface area (Å²) in [5.74, 6) is 10.6. The van der Waals surface area contributed by atoms with Crippen LogP contribution in [-0.4, -0.2) is 111 Å². The van der Waals surface area contributed by atoms with Gasteiger partial charge in [-0.1, -0.05) is 193 Å². The lowest BCUT2D eigenvalue weighted by Crippen LogP contribution is -2.70. The standard InChI is InChI=1S/2C32H52O2.C30H50O5.C29H50O2/c1-20(2)9-12-25-30(8,33)26-22-10-11-24-28(6)15-13-21(3)27(4,5)23(28)14-16-29(24,7)31(22)17-18-32(26,19-31)34-25;1-20(2)17-22-18-30(8,33)26-23-9-10-25-28(6)13-11-21(3)27(4,5)24(28)12-14-29(25,7)31(23)15-16-32(26,19-31)34-22;1-17(2)9-12-22-28(8,32)23-19-10-11-21-26(6)15-13-18(3)25(4,5)20(26)14-16-27(21,7)29(19,33)24(31)30(23,34)35-22;1-7-18(2)11-15-29(30)20(4)26-25(31-29)17-24-22-9-8-21-16-19(3)10-13-27(21,5)23(22)12-14-28(24,26)6/h9,21-26,33H,10-19H2,1-8H3;17,21-26,33H,9-16,18-19H2,1-8H3;9,18-24,31-34H,10-16H2,1-8H3;18-26,30H,7-17H2,1-6H3. The van der Waals surface area contributed by atoms with Crippen molar-refractivity contribution in [3.63, 3.8) is 0 Å². The van der Waals surface area contributed by atoms with Gasteiger partial charge < -0.3 is 54.7 Å². The number of aliphatic hydroxyl groups is 7. The van der Waals surface area contributed by atoms with E-state index in [-0.39, 0.29) is 46.1 Å². The number of ether oxygens (including phenoxy) is 4. The van der Waals surface area contributed by atoms with Gasteiger partial charge in [-0.25, -0.2) is 0 Å². The molecule has 4 heterocycles. The van der Waals surface area contributed by atoms with Crippen LogP contribution < -0.4 is 0 Å². The molecule has 22 rings (SSSR count). The minimum atomic E-state index is -1.95. The van der Waals surface area contributed by atoms with Crippen molar-refractivity contribution in [1.82, 2.24) is 0 Å². The summed E-state index contributed by atoms with van der Waals surface area (Å²) < 4.78 is 26.9. The van der Waals surface area contributed by atoms with Crippen molar-refractivity contribution in [3.05, 3.63) is 34.9 Å². The van der Waals surface area contributed by atoms with E-state index in [0.29, 0.717) is 120 Å². The Morgan fingerprint density at radius 1 is 0.403 bits per heavy atom. The normalized spacial score (nSPS) is 58.6. The number of hydrogen-bond donors (Lipinski definition) is 7. The van der Waals surface area contributed by atoms with Crippen LogP contribution in [0.2, 0.25) is 0 Å². The molecule has 4 bridgehead atoms. The molecule has 4 aliphatic heterocycles. The molecule has 0 radical (unpaired) electrons. The van der Waals surface area contributed by atoms with E-state index in [4.69, 9.17) is 18.9 Å². The molecule has 22 aliphatic rings. The number of fused-ring (bicyclic) bond motifs is 22. The van der Waals surface area contributed by atoms with Gasteiger partial charge in [-0.2, -0.15) is 0 Å². The highest BCUT2D eigenvalue weighted by Crippen LogP contribution is 2.87. The molecule has 46 atom stereocenters. The molecule has 0 aromatic rings. The number of aliphatic hydroxyl groups excluding tert-OH is 1. The Labute approximate surface area is 818 Å². The second-order valence-corrected chi connectivity index (χ2v) is 60.1. The summed E-state index contributed by atoms with van der Waals surface area (Å²) in [6.07, 6.45) is 51.3. The second kappa shape index (κ2) is 32.6. The molecule has 7 N–H and O–H groups in total. The van der Waals surface area contributed by atoms with Crippen LogP contribution in [0.1, 0.15) is 452 Å². The van der Waals surface area contributed by atoms with Gasteiger partial charge in [-0.05, 0) is 452 Å². The first-order valence-corrected chi connectivity index (χ1v) is 57.7. The monoisotopic (exact) mass is 1860 g/mol. The van der Waals surface area contributed by atoms with Gasteiger partial charge in [-0.3, -0.25) is 0 Å². The molecule has 46 unspecified atom stereocenters. The molecule has 134 heavy (non-hydrogen) atoms. The van der Waals surface area contributed by atoms with Crippen molar-refractivity contribution < 1.29 is 54.7 Å². The van der Waals surface area contributed by atoms with Crippen LogP contribution in [0.25, 0.3) is 0 Å². The molecular formula is C123H204O11. The van der Waals surface area contributed by atoms with E-state index in [1.54, 1.807) is 6.92 Å². The average Bonchev–Trinajstić information content (AvgIpc) is 1.50. The lowest BCUT2D eigenvalue weighted by atomic mass is 9.34. The van der Waals surface area contributed by atoms with Gasteiger partial charge in [0, 0.05) is 41.9 Å². The summed E-state index contributed by atoms with van der Waals surface area (Å²) in [7, 11) is 0. The number of hydrogen-bond acceptors (Lipinski definition) is 11. The smallest absolute Gasteiger partial charge is 0.201 e. The van der Waals surface area contributed by atoms with E-state index in [1.807, 2.05) is 19.9 Å². The Kier molecular flexibility index (Phi) is 24.7. The predicted molar refractivity (Wildman–Crippen MR) is 542 cm³/mol. The summed E-state index contributed by atoms with van der Waals surface area (Å²) in [6.45, 7) is 71.5. The van der Waals surface area contributed by atoms with Crippen LogP contribution >= 0.6 is 0 Å². The third kappa shape index (κ3) is 13.7. The van der Waals surface area contributed by atoms with E-state index in [9.17, 15) is 35.7 Å². The van der Waals surface area contributed by atoms with Gasteiger partial charge in [0.05, 0.1) is 58.3 Å². The van der Waals surface area contributed by atoms with Gasteiger partial charge in [0.15, 0.2) is 5.79 Å². The fraction of sp³-hybridized carbons (Fsp3) is 0.951. The van der Waals surface area contributed by atoms with E-state index in [0.717, 1.165) is 122 Å². The molecule has 0 aromatic carbocycles. The number of allylic oxidation sites excluding steroid dienone is 3. The molecule has 18 saturated carbocycles. The van der Waals surface area contributed by atoms with Gasteiger partial charge in [0.25, 0.3) is 0 Å². The molecule has 762 valence electrons. The number of rotatable bonds is 9. The zero-order valence-corrected chi connectivity index (χ0v) is 91.5. The van der Waals surface area contributed by atoms with Crippen LogP contribution in [0.5, 0.6) is 0 Å². The molecule has 4 spiro atoms. The Hall–Kier alpha value is -1.22. The van der Waals surface area contributed by atoms with Crippen molar-refractivity contribution in [3.8, 4) is 0 Å². The molecule has 11 heteroatoms. The summed E-state index contributed by atoms with van der Waals surface area (Å²) in [6, 6.07) is 0. The summed E-state index contributed by atoms with van der Waals surface area (Å²) in [4.78, 5) is 0. The average molecular weight is 1860 g/mol. The quantitative estimate of drug-likeness (QED) is 0.109. The second-order valence-electron chi connectivity index (χ2n) is 60.1. The van der Waals surface area contributed by atoms with Crippen LogP contribution in [0.15, 0.2) is 34.9 Å². The molecule has 4 saturated heterocycles. The van der Waals surface area contributed by atoms with Crippen molar-refractivity contribution in [2.75, 3.05) is 0 Å². The first-order chi connectivity index (χ1) is 62.1. The maximum Gasteiger partial charge on any atom is 0.201 e. The first-order valence-electron chi connectivity index (χ1n) is 57.7. The Morgan fingerprint density at radius 3 is 1.36 bits per heavy atom. The topological polar surface area (TPSA) is 179 Å². The minimum Gasteiger partial charge on any atom is -0.390 e. The van der Waals surface area contributed by atoms with E-state index in [1.165, 1.54) is 191 Å². The first kappa shape index (κ1) is 101. The Balaban J connectivity index is 0.000000115. The van der Waals surface area contributed by atoms with Crippen LogP contribution in [-0.2, 0) is 18.9 Å². The Morgan fingerprint density at radius 2 is 0.858 bits per heavy atom. The molecule has 22 fully saturated rings. The third-order valence-corrected chi connectivity index (χ3v) is 53.3. The fourth-order valence-corrected chi connectivity index (χ4v) is 45.8. The van der Waals surface area contributed by atoms with E-state index in [2.05, 4.69) is 199 Å². The molecule has 18 aliphatic carbocycles. The summed E-state index contributed by atoms with van der Waals surface area (Å²) in [5, 5.41) is 83.6. The maximum absolute atomic E-state index is 12.6. The highest BCUT2D eigenvalue weighted by Gasteiger charge is 2.86. The van der Waals surface area contributed by atoms with Gasteiger partial charge >= 0.3 is 0 Å². The van der Waals surface area contributed by atoms with Crippen molar-refractivity contribution in [1.29, 1.82) is 0 Å². The Bertz CT molecular complexity index is 4470. The van der Waals surface area contributed by atoms with E-state index < -0.39 is 63.4 Å². The molecule has 11 nitrogen and oxygen atoms in total. The predicted octanol–water partition coefficient (Wildman–Crippen LogP) is 28.1. The van der Waals surface area contributed by atoms with Gasteiger partial charge in [0.2, 0.25) is 5.79 Å². The van der Waals surface area contributed by atoms with Gasteiger partial charge in [0.1, 0.15) is 11.7 Å². The zero-order valence-electron chi connectivity index (χ0n) is 91.5. The third-order valence-electron chi connectivity index (χ3n) is 53.3. The largest absolute Gasteiger partial charge is 0.390 e. The molecular weight excluding hydrogens is 1650 g/mol. The van der Waals surface area contributed by atoms with E-state index >= 15 is 0 Å².